The number of hydrogen-bond donors (Lipinski definition) is 0. The van der Waals surface area contributed by atoms with Crippen LogP contribution in [0.15, 0.2) is 97.2 Å². The van der Waals surface area contributed by atoms with Crippen LogP contribution in [0.25, 0.3) is 0 Å². The zero-order valence-electron chi connectivity index (χ0n) is 38.0. The molecule has 0 aromatic rings. The van der Waals surface area contributed by atoms with Gasteiger partial charge in [0.05, 0.1) is 0 Å². The largest absolute Gasteiger partial charge is 0.462 e. The molecular weight excluding hydrogens is 733 g/mol. The summed E-state index contributed by atoms with van der Waals surface area (Å²) in [5.74, 6) is -1.02. The molecule has 0 saturated heterocycles. The van der Waals surface area contributed by atoms with Crippen molar-refractivity contribution < 1.29 is 28.6 Å². The van der Waals surface area contributed by atoms with E-state index in [0.717, 1.165) is 96.3 Å². The van der Waals surface area contributed by atoms with Crippen molar-refractivity contribution in [2.24, 2.45) is 0 Å². The van der Waals surface area contributed by atoms with Crippen LogP contribution in [0.4, 0.5) is 0 Å². The fourth-order valence-corrected chi connectivity index (χ4v) is 6.15. The second-order valence-electron chi connectivity index (χ2n) is 15.4. The van der Waals surface area contributed by atoms with E-state index in [1.165, 1.54) is 57.8 Å². The molecule has 0 saturated carbocycles. The fraction of sp³-hybridized carbons (Fsp3) is 0.642. The normalized spacial score (nSPS) is 12.9. The molecule has 0 aliphatic rings. The smallest absolute Gasteiger partial charge is 0.306 e. The van der Waals surface area contributed by atoms with E-state index in [2.05, 4.69) is 63.3 Å². The molecule has 0 amide bonds. The summed E-state index contributed by atoms with van der Waals surface area (Å²) in [6.45, 7) is 6.28. The molecule has 0 aliphatic carbocycles. The van der Waals surface area contributed by atoms with Crippen LogP contribution in [0.2, 0.25) is 0 Å². The molecule has 1 atom stereocenters. The number of carbonyl (C=O) groups excluding carboxylic acids is 3. The number of carbonyl (C=O) groups is 3. The van der Waals surface area contributed by atoms with Gasteiger partial charge in [-0.3, -0.25) is 14.4 Å². The van der Waals surface area contributed by atoms with Crippen LogP contribution in [0.1, 0.15) is 201 Å². The molecule has 0 aliphatic heterocycles. The molecule has 6 heteroatoms. The zero-order chi connectivity index (χ0) is 43.0. The molecule has 0 N–H and O–H groups in total. The van der Waals surface area contributed by atoms with Gasteiger partial charge < -0.3 is 14.2 Å². The van der Waals surface area contributed by atoms with E-state index >= 15 is 0 Å². The summed E-state index contributed by atoms with van der Waals surface area (Å²) < 4.78 is 16.6. The Morgan fingerprint density at radius 1 is 0.373 bits per heavy atom. The Labute approximate surface area is 362 Å². The van der Waals surface area contributed by atoms with Crippen molar-refractivity contribution in [1.82, 2.24) is 0 Å². The van der Waals surface area contributed by atoms with Gasteiger partial charge in [-0.2, -0.15) is 0 Å². The van der Waals surface area contributed by atoms with Gasteiger partial charge in [-0.15, -0.1) is 0 Å². The Morgan fingerprint density at radius 2 is 0.763 bits per heavy atom. The van der Waals surface area contributed by atoms with Crippen molar-refractivity contribution in [3.63, 3.8) is 0 Å². The maximum Gasteiger partial charge on any atom is 0.306 e. The second kappa shape index (κ2) is 47.0. The van der Waals surface area contributed by atoms with Crippen molar-refractivity contribution >= 4 is 17.9 Å². The minimum Gasteiger partial charge on any atom is -0.462 e. The summed E-state index contributed by atoms with van der Waals surface area (Å²) in [6.07, 6.45) is 61.1. The Morgan fingerprint density at radius 3 is 1.27 bits per heavy atom. The highest BCUT2D eigenvalue weighted by Crippen LogP contribution is 2.13. The van der Waals surface area contributed by atoms with Gasteiger partial charge in [0.15, 0.2) is 6.10 Å². The lowest BCUT2D eigenvalue weighted by atomic mass is 10.1. The number of rotatable bonds is 41. The van der Waals surface area contributed by atoms with Gasteiger partial charge in [-0.1, -0.05) is 195 Å². The molecule has 0 rings (SSSR count). The first-order valence-electron chi connectivity index (χ1n) is 23.8. The standard InChI is InChI=1S/C53H86O6/c1-4-7-10-13-16-19-22-25-26-27-29-31-34-37-40-43-46-52(55)58-49-50(48-57-51(54)45-42-39-36-33-30-24-21-18-15-12-9-6-3)59-53(56)47-44-41-38-35-32-28-23-20-17-14-11-8-5-2/h8-9,11-12,14,17-18,20-21,23,26-28,32,35,38,50H,4-7,10,13,15-16,19,22,24-25,29-31,33-34,36-37,39-49H2,1-3H3/b11-8-,12-9-,17-14-,21-18-,23-20-,27-26-,32-28-,38-35-. The number of esters is 3. The average molecular weight is 819 g/mol. The summed E-state index contributed by atoms with van der Waals surface area (Å²) in [6, 6.07) is 0. The molecule has 0 heterocycles. The minimum atomic E-state index is -0.823. The van der Waals surface area contributed by atoms with E-state index in [4.69, 9.17) is 14.2 Å². The first-order valence-corrected chi connectivity index (χ1v) is 23.8. The van der Waals surface area contributed by atoms with E-state index in [0.29, 0.717) is 19.3 Å². The number of hydrogen-bond acceptors (Lipinski definition) is 6. The first-order chi connectivity index (χ1) is 29.0. The number of ether oxygens (including phenoxy) is 3. The van der Waals surface area contributed by atoms with Crippen LogP contribution in [-0.4, -0.2) is 37.2 Å². The van der Waals surface area contributed by atoms with E-state index in [1.807, 2.05) is 54.7 Å². The topological polar surface area (TPSA) is 78.9 Å². The molecule has 0 aromatic heterocycles. The summed E-state index contributed by atoms with van der Waals surface area (Å²) in [7, 11) is 0. The number of allylic oxidation sites excluding steroid dienone is 16. The molecule has 0 bridgehead atoms. The highest BCUT2D eigenvalue weighted by atomic mass is 16.6. The van der Waals surface area contributed by atoms with Gasteiger partial charge in [-0.25, -0.2) is 0 Å². The van der Waals surface area contributed by atoms with Crippen LogP contribution in [-0.2, 0) is 28.6 Å². The molecule has 0 radical (unpaired) electrons. The maximum atomic E-state index is 12.7. The van der Waals surface area contributed by atoms with Crippen LogP contribution < -0.4 is 0 Å². The molecular formula is C53H86O6. The van der Waals surface area contributed by atoms with E-state index in [1.54, 1.807) is 0 Å². The lowest BCUT2D eigenvalue weighted by molar-refractivity contribution is -0.167. The third-order valence-electron chi connectivity index (χ3n) is 9.68. The summed E-state index contributed by atoms with van der Waals surface area (Å²) >= 11 is 0. The predicted octanol–water partition coefficient (Wildman–Crippen LogP) is 15.4. The molecule has 6 nitrogen and oxygen atoms in total. The highest BCUT2D eigenvalue weighted by molar-refractivity contribution is 5.71. The van der Waals surface area contributed by atoms with E-state index in [9.17, 15) is 14.4 Å². The monoisotopic (exact) mass is 819 g/mol. The quantitative estimate of drug-likeness (QED) is 0.0201. The lowest BCUT2D eigenvalue weighted by Gasteiger charge is -2.18. The SMILES string of the molecule is CC\C=C/C=C\C=C/C=C\C=C/CCCC(=O)OC(COC(=O)CCCCCCC/C=C\C/C=C\CC)COC(=O)CCCCCCC/C=C\CCCCCCCCC. The third-order valence-corrected chi connectivity index (χ3v) is 9.68. The minimum absolute atomic E-state index is 0.116. The lowest BCUT2D eigenvalue weighted by Crippen LogP contribution is -2.30. The summed E-state index contributed by atoms with van der Waals surface area (Å²) in [4.78, 5) is 37.8. The Hall–Kier alpha value is -3.67. The molecule has 59 heavy (non-hydrogen) atoms. The van der Waals surface area contributed by atoms with E-state index in [-0.39, 0.29) is 31.6 Å². The Bertz CT molecular complexity index is 1220. The molecule has 0 aromatic carbocycles. The van der Waals surface area contributed by atoms with Crippen LogP contribution in [0.3, 0.4) is 0 Å². The molecule has 1 unspecified atom stereocenters. The third kappa shape index (κ3) is 45.3. The zero-order valence-corrected chi connectivity index (χ0v) is 38.0. The fourth-order valence-electron chi connectivity index (χ4n) is 6.15. The van der Waals surface area contributed by atoms with Crippen molar-refractivity contribution in [2.45, 2.75) is 207 Å². The highest BCUT2D eigenvalue weighted by Gasteiger charge is 2.19. The van der Waals surface area contributed by atoms with E-state index < -0.39 is 12.1 Å². The first kappa shape index (κ1) is 55.3. The molecule has 334 valence electrons. The summed E-state index contributed by atoms with van der Waals surface area (Å²) in [5, 5.41) is 0. The van der Waals surface area contributed by atoms with Crippen molar-refractivity contribution in [2.75, 3.05) is 13.2 Å². The van der Waals surface area contributed by atoms with Crippen LogP contribution in [0, 0.1) is 0 Å². The Kier molecular flexibility index (Phi) is 44.1. The summed E-state index contributed by atoms with van der Waals surface area (Å²) in [5.41, 5.74) is 0. The van der Waals surface area contributed by atoms with Crippen molar-refractivity contribution in [3.8, 4) is 0 Å². The predicted molar refractivity (Wildman–Crippen MR) is 251 cm³/mol. The van der Waals surface area contributed by atoms with Crippen LogP contribution in [0.5, 0.6) is 0 Å². The van der Waals surface area contributed by atoms with Crippen LogP contribution >= 0.6 is 0 Å². The van der Waals surface area contributed by atoms with Crippen molar-refractivity contribution in [3.05, 3.63) is 97.2 Å². The average Bonchev–Trinajstić information content (AvgIpc) is 3.23. The van der Waals surface area contributed by atoms with Gasteiger partial charge in [0.1, 0.15) is 13.2 Å². The van der Waals surface area contributed by atoms with Crippen molar-refractivity contribution in [1.29, 1.82) is 0 Å². The second-order valence-corrected chi connectivity index (χ2v) is 15.4. The van der Waals surface area contributed by atoms with Gasteiger partial charge in [-0.05, 0) is 83.5 Å². The van der Waals surface area contributed by atoms with Gasteiger partial charge in [0.2, 0.25) is 0 Å². The van der Waals surface area contributed by atoms with Gasteiger partial charge in [0, 0.05) is 19.3 Å². The Balaban J connectivity index is 4.51. The van der Waals surface area contributed by atoms with Gasteiger partial charge in [0.25, 0.3) is 0 Å². The number of unbranched alkanes of at least 4 members (excludes halogenated alkanes) is 18. The molecule has 0 spiro atoms. The van der Waals surface area contributed by atoms with Gasteiger partial charge >= 0.3 is 17.9 Å². The maximum absolute atomic E-state index is 12.7. The molecule has 0 fully saturated rings.